The topological polar surface area (TPSA) is 172 Å². The number of nitrogens with zero attached hydrogens (tertiary/aromatic N) is 5. The highest BCUT2D eigenvalue weighted by atomic mass is 35.5. The van der Waals surface area contributed by atoms with E-state index in [-0.39, 0.29) is 49.7 Å². The number of thiazole rings is 1. The first-order chi connectivity index (χ1) is 25.4. The fourth-order valence-corrected chi connectivity index (χ4v) is 7.94. The molecule has 16 heteroatoms. The van der Waals surface area contributed by atoms with E-state index in [2.05, 4.69) is 50.3 Å². The lowest BCUT2D eigenvalue weighted by Crippen LogP contribution is -2.35. The largest absolute Gasteiger partial charge is 0.354 e. The number of amides is 4. The summed E-state index contributed by atoms with van der Waals surface area (Å²) in [6.07, 6.45) is -0.160. The molecule has 2 aromatic carbocycles. The second-order valence-corrected chi connectivity index (χ2v) is 15.4. The number of para-hydroxylation sites is 1. The lowest BCUT2D eigenvalue weighted by Gasteiger charge is -2.13. The molecule has 3 aromatic heterocycles. The van der Waals surface area contributed by atoms with Crippen molar-refractivity contribution in [2.45, 2.75) is 59.9 Å². The Bertz CT molecular complexity index is 2220. The van der Waals surface area contributed by atoms with Gasteiger partial charge in [0.15, 0.2) is 11.0 Å². The summed E-state index contributed by atoms with van der Waals surface area (Å²) in [5.41, 5.74) is 5.15. The second kappa shape index (κ2) is 16.2. The van der Waals surface area contributed by atoms with Crippen LogP contribution in [0, 0.1) is 34.6 Å². The lowest BCUT2D eigenvalue weighted by atomic mass is 9.99. The number of thiophene rings is 1. The number of hydrogen-bond donors (Lipinski definition) is 4. The Balaban J connectivity index is 1.01. The van der Waals surface area contributed by atoms with E-state index in [1.165, 1.54) is 11.3 Å². The number of rotatable bonds is 12. The zero-order valence-electron chi connectivity index (χ0n) is 29.8. The van der Waals surface area contributed by atoms with Gasteiger partial charge in [0.25, 0.3) is 5.91 Å². The predicted octanol–water partition coefficient (Wildman–Crippen LogP) is 6.17. The summed E-state index contributed by atoms with van der Waals surface area (Å²) in [5, 5.41) is 21.9. The van der Waals surface area contributed by atoms with Crippen molar-refractivity contribution in [2.24, 2.45) is 4.99 Å². The van der Waals surface area contributed by atoms with Crippen molar-refractivity contribution in [1.82, 2.24) is 30.4 Å². The highest BCUT2D eigenvalue weighted by Crippen LogP contribution is 2.39. The Morgan fingerprint density at radius 3 is 2.23 bits per heavy atom. The maximum atomic E-state index is 13.2. The molecule has 0 saturated carbocycles. The van der Waals surface area contributed by atoms with Gasteiger partial charge in [0, 0.05) is 51.8 Å². The normalized spacial score (nSPS) is 13.3. The third kappa shape index (κ3) is 8.53. The predicted molar refractivity (Wildman–Crippen MR) is 208 cm³/mol. The third-order valence-corrected chi connectivity index (χ3v) is 11.2. The van der Waals surface area contributed by atoms with Crippen molar-refractivity contribution in [3.63, 3.8) is 0 Å². The van der Waals surface area contributed by atoms with Crippen molar-refractivity contribution < 1.29 is 19.2 Å². The van der Waals surface area contributed by atoms with E-state index in [1.54, 1.807) is 35.6 Å². The van der Waals surface area contributed by atoms with Crippen LogP contribution in [0.15, 0.2) is 53.5 Å². The number of carbonyl (C=O) groups excluding carboxylic acids is 4. The van der Waals surface area contributed by atoms with Gasteiger partial charge in [0.2, 0.25) is 17.7 Å². The van der Waals surface area contributed by atoms with E-state index < -0.39 is 17.9 Å². The van der Waals surface area contributed by atoms with Gasteiger partial charge in [0.1, 0.15) is 16.9 Å². The van der Waals surface area contributed by atoms with Crippen LogP contribution in [-0.4, -0.2) is 62.2 Å². The molecule has 13 nitrogen and oxygen atoms in total. The summed E-state index contributed by atoms with van der Waals surface area (Å²) in [5.74, 6) is -0.167. The average molecular weight is 772 g/mol. The van der Waals surface area contributed by atoms with E-state index >= 15 is 0 Å². The number of hydrogen-bond acceptors (Lipinski definition) is 10. The molecule has 4 N–H and O–H groups in total. The van der Waals surface area contributed by atoms with Gasteiger partial charge in [0.05, 0.1) is 29.1 Å². The SMILES string of the molecule is Cc1nc(NC(=O)c2ccccc2NC(=O)CCC(=O)NCCNC(=O)CC2N=C(c3ccc(Cl)cc3)c3c(sc(C)c3C)-n3c(C)nnc32)sc1C. The van der Waals surface area contributed by atoms with Gasteiger partial charge in [-0.1, -0.05) is 35.9 Å². The first-order valence-electron chi connectivity index (χ1n) is 16.9. The summed E-state index contributed by atoms with van der Waals surface area (Å²) in [6, 6.07) is 13.5. The van der Waals surface area contributed by atoms with Gasteiger partial charge in [-0.2, -0.15) is 0 Å². The molecular formula is C37H38ClN9O4S2. The fraction of sp³-hybridized carbons (Fsp3) is 0.297. The van der Waals surface area contributed by atoms with Crippen LogP contribution in [0.4, 0.5) is 10.8 Å². The highest BCUT2D eigenvalue weighted by Gasteiger charge is 2.32. The van der Waals surface area contributed by atoms with Gasteiger partial charge in [-0.05, 0) is 64.4 Å². The molecule has 1 aliphatic rings. The van der Waals surface area contributed by atoms with Gasteiger partial charge in [-0.15, -0.1) is 32.9 Å². The number of aryl methyl sites for hydroxylation is 4. The number of fused-ring (bicyclic) bond motifs is 3. The Hall–Kier alpha value is -5.25. The minimum atomic E-state index is -0.619. The maximum absolute atomic E-state index is 13.2. The molecule has 6 rings (SSSR count). The summed E-state index contributed by atoms with van der Waals surface area (Å²) in [4.78, 5) is 63.0. The fourth-order valence-electron chi connectivity index (χ4n) is 5.79. The Morgan fingerprint density at radius 2 is 1.51 bits per heavy atom. The van der Waals surface area contributed by atoms with Crippen LogP contribution >= 0.6 is 34.3 Å². The van der Waals surface area contributed by atoms with Gasteiger partial charge >= 0.3 is 0 Å². The van der Waals surface area contributed by atoms with E-state index in [0.29, 0.717) is 27.5 Å². The van der Waals surface area contributed by atoms with Crippen LogP contribution in [0.1, 0.15) is 79.4 Å². The number of halogens is 1. The Labute approximate surface area is 319 Å². The molecule has 1 atom stereocenters. The molecule has 0 aliphatic carbocycles. The smallest absolute Gasteiger partial charge is 0.259 e. The number of nitrogens with one attached hydrogen (secondary N) is 4. The second-order valence-electron chi connectivity index (χ2n) is 12.5. The average Bonchev–Trinajstić information content (AvgIpc) is 3.73. The van der Waals surface area contributed by atoms with Crippen LogP contribution < -0.4 is 21.3 Å². The number of anilines is 2. The molecular weight excluding hydrogens is 734 g/mol. The molecule has 1 unspecified atom stereocenters. The number of benzene rings is 2. The van der Waals surface area contributed by atoms with Crippen LogP contribution in [0.2, 0.25) is 5.02 Å². The molecule has 1 aliphatic heterocycles. The molecule has 0 fully saturated rings. The van der Waals surface area contributed by atoms with Gasteiger partial charge in [-0.25, -0.2) is 4.98 Å². The minimum absolute atomic E-state index is 0.0128. The molecule has 0 bridgehead atoms. The van der Waals surface area contributed by atoms with Crippen molar-refractivity contribution in [2.75, 3.05) is 23.7 Å². The quantitative estimate of drug-likeness (QED) is 0.110. The molecule has 53 heavy (non-hydrogen) atoms. The molecule has 0 saturated heterocycles. The first kappa shape index (κ1) is 37.5. The minimum Gasteiger partial charge on any atom is -0.354 e. The van der Waals surface area contributed by atoms with Crippen LogP contribution in [-0.2, 0) is 14.4 Å². The number of aromatic nitrogens is 4. The van der Waals surface area contributed by atoms with Crippen LogP contribution in [0.3, 0.4) is 0 Å². The van der Waals surface area contributed by atoms with E-state index in [1.807, 2.05) is 49.6 Å². The molecule has 4 amide bonds. The summed E-state index contributed by atoms with van der Waals surface area (Å²) >= 11 is 9.21. The van der Waals surface area contributed by atoms with Crippen LogP contribution in [0.25, 0.3) is 5.00 Å². The highest BCUT2D eigenvalue weighted by molar-refractivity contribution is 7.16. The third-order valence-electron chi connectivity index (χ3n) is 8.78. The number of aliphatic imine (C=N–C) groups is 1. The number of carbonyl (C=O) groups is 4. The van der Waals surface area contributed by atoms with Crippen molar-refractivity contribution in [3.05, 3.63) is 103 Å². The first-order valence-corrected chi connectivity index (χ1v) is 18.9. The standard InChI is InChI=1S/C37H38ClN9O4S2/c1-19-21(3)52-36-32(19)33(24-10-12-25(38)13-11-24)43-28(34-46-45-23(5)47(34)36)18-31(50)40-17-16-39-29(48)14-15-30(49)42-27-9-7-6-8-26(27)35(51)44-37-41-20(2)22(4)53-37/h6-13,28H,14-18H2,1-5H3,(H,39,48)(H,40,50)(H,42,49)(H,41,44,51). The van der Waals surface area contributed by atoms with Gasteiger partial charge in [-0.3, -0.25) is 34.1 Å². The molecule has 4 heterocycles. The van der Waals surface area contributed by atoms with Crippen LogP contribution in [0.5, 0.6) is 0 Å². The summed E-state index contributed by atoms with van der Waals surface area (Å²) in [6.45, 7) is 10.1. The Kier molecular flexibility index (Phi) is 11.5. The van der Waals surface area contributed by atoms with Gasteiger partial charge < -0.3 is 16.0 Å². The monoisotopic (exact) mass is 771 g/mol. The van der Waals surface area contributed by atoms with E-state index in [9.17, 15) is 19.2 Å². The zero-order valence-corrected chi connectivity index (χ0v) is 32.2. The van der Waals surface area contributed by atoms with E-state index in [4.69, 9.17) is 16.6 Å². The zero-order chi connectivity index (χ0) is 37.8. The van der Waals surface area contributed by atoms with Crippen molar-refractivity contribution >= 4 is 74.4 Å². The maximum Gasteiger partial charge on any atom is 0.259 e. The summed E-state index contributed by atoms with van der Waals surface area (Å²) in [7, 11) is 0. The lowest BCUT2D eigenvalue weighted by molar-refractivity contribution is -0.124. The molecule has 0 spiro atoms. The van der Waals surface area contributed by atoms with Crippen molar-refractivity contribution in [3.8, 4) is 5.00 Å². The molecule has 0 radical (unpaired) electrons. The van der Waals surface area contributed by atoms with E-state index in [0.717, 1.165) is 42.9 Å². The summed E-state index contributed by atoms with van der Waals surface area (Å²) < 4.78 is 1.98. The Morgan fingerprint density at radius 1 is 0.811 bits per heavy atom. The molecule has 5 aromatic rings. The van der Waals surface area contributed by atoms with Crippen molar-refractivity contribution in [1.29, 1.82) is 0 Å². The molecule has 274 valence electrons.